The van der Waals surface area contributed by atoms with Crippen LogP contribution in [0.25, 0.3) is 0 Å². The summed E-state index contributed by atoms with van der Waals surface area (Å²) in [5.74, 6) is 2.24. The van der Waals surface area contributed by atoms with E-state index in [0.717, 1.165) is 17.2 Å². The minimum atomic E-state index is -0.0682. The van der Waals surface area contributed by atoms with Crippen molar-refractivity contribution in [1.29, 1.82) is 0 Å². The number of benzene rings is 1. The van der Waals surface area contributed by atoms with Crippen molar-refractivity contribution in [2.75, 3.05) is 5.32 Å². The molecule has 4 heteroatoms. The van der Waals surface area contributed by atoms with E-state index in [-0.39, 0.29) is 12.7 Å². The standard InChI is InChI=1S/C15H19NO3/c1-11(2)18-13-5-3-12(4-6-13)16-9-14-7-8-15(10-17)19-14/h3-8,11,16-17H,9-10H2,1-2H3. The van der Waals surface area contributed by atoms with Crippen LogP contribution in [0.15, 0.2) is 40.8 Å². The van der Waals surface area contributed by atoms with E-state index in [0.29, 0.717) is 12.3 Å². The Kier molecular flexibility index (Phi) is 4.47. The molecule has 0 radical (unpaired) electrons. The quantitative estimate of drug-likeness (QED) is 0.838. The monoisotopic (exact) mass is 261 g/mol. The topological polar surface area (TPSA) is 54.6 Å². The Labute approximate surface area is 113 Å². The van der Waals surface area contributed by atoms with Gasteiger partial charge in [0.15, 0.2) is 0 Å². The zero-order valence-corrected chi connectivity index (χ0v) is 11.2. The van der Waals surface area contributed by atoms with Gasteiger partial charge >= 0.3 is 0 Å². The summed E-state index contributed by atoms with van der Waals surface area (Å²) in [6.45, 7) is 4.52. The molecule has 0 spiro atoms. The second-order valence-corrected chi connectivity index (χ2v) is 4.57. The van der Waals surface area contributed by atoms with Gasteiger partial charge < -0.3 is 19.6 Å². The van der Waals surface area contributed by atoms with Gasteiger partial charge in [-0.2, -0.15) is 0 Å². The van der Waals surface area contributed by atoms with E-state index in [1.165, 1.54) is 0 Å². The van der Waals surface area contributed by atoms with Gasteiger partial charge in [-0.25, -0.2) is 0 Å². The van der Waals surface area contributed by atoms with Crippen LogP contribution in [0.3, 0.4) is 0 Å². The van der Waals surface area contributed by atoms with E-state index in [1.54, 1.807) is 6.07 Å². The maximum Gasteiger partial charge on any atom is 0.129 e. The van der Waals surface area contributed by atoms with Gasteiger partial charge in [0.25, 0.3) is 0 Å². The zero-order chi connectivity index (χ0) is 13.7. The van der Waals surface area contributed by atoms with E-state index in [9.17, 15) is 0 Å². The average molecular weight is 261 g/mol. The van der Waals surface area contributed by atoms with E-state index in [4.69, 9.17) is 14.3 Å². The number of rotatable bonds is 6. The minimum Gasteiger partial charge on any atom is -0.491 e. The molecule has 0 bridgehead atoms. The van der Waals surface area contributed by atoms with Crippen molar-refractivity contribution in [3.63, 3.8) is 0 Å². The van der Waals surface area contributed by atoms with Crippen LogP contribution in [0.2, 0.25) is 0 Å². The fourth-order valence-corrected chi connectivity index (χ4v) is 1.72. The highest BCUT2D eigenvalue weighted by atomic mass is 16.5. The smallest absolute Gasteiger partial charge is 0.129 e. The SMILES string of the molecule is CC(C)Oc1ccc(NCc2ccc(CO)o2)cc1. The molecule has 2 aromatic rings. The number of aliphatic hydroxyl groups is 1. The Morgan fingerprint density at radius 3 is 2.37 bits per heavy atom. The summed E-state index contributed by atoms with van der Waals surface area (Å²) >= 11 is 0. The van der Waals surface area contributed by atoms with Gasteiger partial charge in [0, 0.05) is 5.69 Å². The highest BCUT2D eigenvalue weighted by Gasteiger charge is 2.01. The molecule has 2 rings (SSSR count). The first-order valence-corrected chi connectivity index (χ1v) is 6.36. The highest BCUT2D eigenvalue weighted by Crippen LogP contribution is 2.18. The van der Waals surface area contributed by atoms with Crippen molar-refractivity contribution >= 4 is 5.69 Å². The van der Waals surface area contributed by atoms with Crippen LogP contribution in [0.4, 0.5) is 5.69 Å². The first kappa shape index (κ1) is 13.5. The third kappa shape index (κ3) is 4.03. The molecule has 2 N–H and O–H groups in total. The largest absolute Gasteiger partial charge is 0.491 e. The molecule has 1 heterocycles. The first-order valence-electron chi connectivity index (χ1n) is 6.36. The van der Waals surface area contributed by atoms with E-state index < -0.39 is 0 Å². The summed E-state index contributed by atoms with van der Waals surface area (Å²) < 4.78 is 11.0. The second kappa shape index (κ2) is 6.29. The molecule has 0 saturated carbocycles. The first-order chi connectivity index (χ1) is 9.17. The number of hydrogen-bond acceptors (Lipinski definition) is 4. The van der Waals surface area contributed by atoms with Crippen LogP contribution < -0.4 is 10.1 Å². The lowest BCUT2D eigenvalue weighted by atomic mass is 10.3. The van der Waals surface area contributed by atoms with E-state index in [2.05, 4.69) is 5.32 Å². The van der Waals surface area contributed by atoms with Crippen LogP contribution in [-0.4, -0.2) is 11.2 Å². The number of furan rings is 1. The van der Waals surface area contributed by atoms with E-state index in [1.807, 2.05) is 44.2 Å². The van der Waals surface area contributed by atoms with Gasteiger partial charge in [-0.05, 0) is 50.2 Å². The highest BCUT2D eigenvalue weighted by molar-refractivity contribution is 5.46. The summed E-state index contributed by atoms with van der Waals surface area (Å²) in [6, 6.07) is 11.4. The number of anilines is 1. The molecular weight excluding hydrogens is 242 g/mol. The van der Waals surface area contributed by atoms with Crippen molar-refractivity contribution < 1.29 is 14.3 Å². The molecule has 0 aliphatic heterocycles. The predicted octanol–water partition coefficient (Wildman–Crippen LogP) is 3.17. The normalized spacial score (nSPS) is 10.7. The number of nitrogens with one attached hydrogen (secondary N) is 1. The fraction of sp³-hybridized carbons (Fsp3) is 0.333. The van der Waals surface area contributed by atoms with Gasteiger partial charge in [-0.3, -0.25) is 0 Å². The van der Waals surface area contributed by atoms with Crippen LogP contribution in [0.5, 0.6) is 5.75 Å². The molecule has 0 saturated heterocycles. The lowest BCUT2D eigenvalue weighted by Gasteiger charge is -2.10. The number of hydrogen-bond donors (Lipinski definition) is 2. The average Bonchev–Trinajstić information content (AvgIpc) is 2.85. The van der Waals surface area contributed by atoms with Crippen molar-refractivity contribution in [1.82, 2.24) is 0 Å². The molecule has 0 amide bonds. The third-order valence-corrected chi connectivity index (χ3v) is 2.57. The van der Waals surface area contributed by atoms with Gasteiger partial charge in [0.1, 0.15) is 23.9 Å². The Hall–Kier alpha value is -1.94. The summed E-state index contributed by atoms with van der Waals surface area (Å²) in [6.07, 6.45) is 0.179. The molecule has 0 aliphatic carbocycles. The van der Waals surface area contributed by atoms with Gasteiger partial charge in [0.2, 0.25) is 0 Å². The van der Waals surface area contributed by atoms with Crippen LogP contribution in [0.1, 0.15) is 25.4 Å². The molecule has 1 aromatic carbocycles. The lowest BCUT2D eigenvalue weighted by Crippen LogP contribution is -2.05. The maximum absolute atomic E-state index is 8.91. The molecule has 4 nitrogen and oxygen atoms in total. The molecule has 102 valence electrons. The third-order valence-electron chi connectivity index (χ3n) is 2.57. The molecule has 1 aromatic heterocycles. The Morgan fingerprint density at radius 2 is 1.79 bits per heavy atom. The lowest BCUT2D eigenvalue weighted by molar-refractivity contribution is 0.242. The van der Waals surface area contributed by atoms with Gasteiger partial charge in [-0.1, -0.05) is 0 Å². The van der Waals surface area contributed by atoms with Crippen molar-refractivity contribution in [2.45, 2.75) is 33.1 Å². The van der Waals surface area contributed by atoms with Gasteiger partial charge in [-0.15, -0.1) is 0 Å². The van der Waals surface area contributed by atoms with Crippen LogP contribution >= 0.6 is 0 Å². The molecule has 19 heavy (non-hydrogen) atoms. The summed E-state index contributed by atoms with van der Waals surface area (Å²) in [4.78, 5) is 0. The Bertz CT molecular complexity index is 502. The Balaban J connectivity index is 1.89. The summed E-state index contributed by atoms with van der Waals surface area (Å²) in [5.41, 5.74) is 0.998. The molecule has 0 unspecified atom stereocenters. The molecule has 0 atom stereocenters. The number of aliphatic hydroxyl groups excluding tert-OH is 1. The maximum atomic E-state index is 8.91. The van der Waals surface area contributed by atoms with Crippen LogP contribution in [-0.2, 0) is 13.2 Å². The van der Waals surface area contributed by atoms with Crippen molar-refractivity contribution in [3.8, 4) is 5.75 Å². The minimum absolute atomic E-state index is 0.0682. The zero-order valence-electron chi connectivity index (χ0n) is 11.2. The van der Waals surface area contributed by atoms with E-state index >= 15 is 0 Å². The van der Waals surface area contributed by atoms with Crippen LogP contribution in [0, 0.1) is 0 Å². The Morgan fingerprint density at radius 1 is 1.11 bits per heavy atom. The summed E-state index contributed by atoms with van der Waals surface area (Å²) in [5, 5.41) is 12.2. The fourth-order valence-electron chi connectivity index (χ4n) is 1.72. The van der Waals surface area contributed by atoms with Crippen molar-refractivity contribution in [3.05, 3.63) is 47.9 Å². The molecular formula is C15H19NO3. The second-order valence-electron chi connectivity index (χ2n) is 4.57. The van der Waals surface area contributed by atoms with Crippen molar-refractivity contribution in [2.24, 2.45) is 0 Å². The summed E-state index contributed by atoms with van der Waals surface area (Å²) in [7, 11) is 0. The van der Waals surface area contributed by atoms with Gasteiger partial charge in [0.05, 0.1) is 12.6 Å². The molecule has 0 fully saturated rings. The predicted molar refractivity (Wildman–Crippen MR) is 74.2 cm³/mol. The number of ether oxygens (including phenoxy) is 1. The molecule has 0 aliphatic rings.